The van der Waals surface area contributed by atoms with Gasteiger partial charge in [0, 0.05) is 27.4 Å². The van der Waals surface area contributed by atoms with Crippen LogP contribution in [0.2, 0.25) is 0 Å². The molecule has 0 aliphatic carbocycles. The third kappa shape index (κ3) is 4.22. The zero-order chi connectivity index (χ0) is 30.8. The van der Waals surface area contributed by atoms with Crippen molar-refractivity contribution in [3.8, 4) is 45.2 Å². The second-order valence-corrected chi connectivity index (χ2v) is 11.7. The van der Waals surface area contributed by atoms with Gasteiger partial charge in [0.1, 0.15) is 0 Å². The summed E-state index contributed by atoms with van der Waals surface area (Å²) in [4.78, 5) is 3.50. The molecule has 6 heteroatoms. The predicted octanol–water partition coefficient (Wildman–Crippen LogP) is 9.65. The number of benzene rings is 6. The molecule has 0 saturated heterocycles. The van der Waals surface area contributed by atoms with Gasteiger partial charge in [-0.1, -0.05) is 36.4 Å². The first kappa shape index (κ1) is 26.4. The fourth-order valence-corrected chi connectivity index (χ4v) is 6.63. The number of para-hydroxylation sites is 2. The van der Waals surface area contributed by atoms with Crippen LogP contribution in [0.3, 0.4) is 0 Å². The fraction of sp³-hybridized carbons (Fsp3) is 0.0250. The number of fused-ring (bicyclic) bond motifs is 6. The van der Waals surface area contributed by atoms with Gasteiger partial charge < -0.3 is 4.98 Å². The Balaban J connectivity index is 0.980. The summed E-state index contributed by atoms with van der Waals surface area (Å²) in [5.41, 5.74) is 11.5. The van der Waals surface area contributed by atoms with Crippen molar-refractivity contribution in [2.24, 2.45) is 0 Å². The first-order chi connectivity index (χ1) is 22.6. The van der Waals surface area contributed by atoms with Gasteiger partial charge in [-0.15, -0.1) is 5.10 Å². The Labute approximate surface area is 265 Å². The summed E-state index contributed by atoms with van der Waals surface area (Å²) in [6.45, 7) is 1.93. The van der Waals surface area contributed by atoms with E-state index in [1.807, 2.05) is 37.3 Å². The van der Waals surface area contributed by atoms with Gasteiger partial charge in [-0.05, 0) is 41.5 Å². The van der Waals surface area contributed by atoms with E-state index < -0.39 is 0 Å². The van der Waals surface area contributed by atoms with E-state index in [-0.39, 0.29) is 0 Å². The van der Waals surface area contributed by atoms with Crippen LogP contribution in [0, 0.1) is 0 Å². The summed E-state index contributed by atoms with van der Waals surface area (Å²) >= 11 is 0. The molecule has 9 rings (SSSR count). The summed E-state index contributed by atoms with van der Waals surface area (Å²) in [5.74, 6) is 0.981. The van der Waals surface area contributed by atoms with Crippen LogP contribution in [0.15, 0.2) is 138 Å². The van der Waals surface area contributed by atoms with Crippen LogP contribution >= 0.6 is 0 Å². The number of aromatic amines is 1. The third-order valence-corrected chi connectivity index (χ3v) is 8.89. The average Bonchev–Trinajstić information content (AvgIpc) is 3.82. The van der Waals surface area contributed by atoms with Crippen molar-refractivity contribution in [1.29, 1.82) is 0 Å². The minimum absolute atomic E-state index is 0.489. The van der Waals surface area contributed by atoms with Gasteiger partial charge in [0.2, 0.25) is 5.89 Å². The normalized spacial score (nSPS) is 11.7. The molecule has 0 spiro atoms. The first-order valence-electron chi connectivity index (χ1n) is 15.3. The van der Waals surface area contributed by atoms with Crippen molar-refractivity contribution in [3.05, 3.63) is 133 Å². The second kappa shape index (κ2) is 10.3. The fourth-order valence-electron chi connectivity index (χ4n) is 6.63. The van der Waals surface area contributed by atoms with Gasteiger partial charge in [0.05, 0.1) is 0 Å². The quantitative estimate of drug-likeness (QED) is 0.203. The van der Waals surface area contributed by atoms with E-state index in [9.17, 15) is 0 Å². The molecule has 6 aromatic carbocycles. The van der Waals surface area contributed by atoms with Gasteiger partial charge in [-0.25, -0.2) is 0 Å². The maximum absolute atomic E-state index is 6.27. The van der Waals surface area contributed by atoms with E-state index in [0.29, 0.717) is 11.8 Å². The Morgan fingerprint density at radius 1 is 0.522 bits per heavy atom. The Bertz CT molecular complexity index is 2610. The molecule has 3 heterocycles. The zero-order valence-electron chi connectivity index (χ0n) is 25.0. The molecule has 0 unspecified atom stereocenters. The molecule has 0 amide bonds. The average molecular weight is 589 g/mol. The molecule has 0 bridgehead atoms. The van der Waals surface area contributed by atoms with Crippen molar-refractivity contribution in [3.63, 3.8) is 0 Å². The molecule has 0 fully saturated rings. The van der Waals surface area contributed by atoms with E-state index >= 15 is 0 Å². The number of nitrogens with one attached hydrogen (secondary N) is 1. The molecule has 5 nitrogen and oxygen atoms in total. The zero-order valence-corrected chi connectivity index (χ0v) is 25.0. The summed E-state index contributed by atoms with van der Waals surface area (Å²) in [6, 6.07) is 46.4. The number of hydrogen-bond donors (Lipinski definition) is 1. The molecule has 3 aromatic heterocycles. The monoisotopic (exact) mass is 589 g/mol. The number of nitrogens with zero attached hydrogens (tertiary/aromatic N) is 3. The molecule has 0 atom stereocenters. The Hall–Kier alpha value is -6.01. The molecule has 0 aliphatic rings. The van der Waals surface area contributed by atoms with Crippen molar-refractivity contribution in [2.75, 3.05) is 0 Å². The van der Waals surface area contributed by atoms with E-state index in [1.54, 1.807) is 0 Å². The van der Waals surface area contributed by atoms with Gasteiger partial charge in [-0.2, -0.15) is 0 Å². The first-order valence-corrected chi connectivity index (χ1v) is 15.3. The predicted molar refractivity (Wildman–Crippen MR) is 190 cm³/mol. The molecule has 1 radical (unpaired) electrons. The minimum atomic E-state index is 0.489. The van der Waals surface area contributed by atoms with Crippen LogP contribution in [0.25, 0.3) is 88.8 Å². The molecule has 0 aliphatic heterocycles. The van der Waals surface area contributed by atoms with Crippen LogP contribution < -0.4 is 0 Å². The van der Waals surface area contributed by atoms with Gasteiger partial charge in [0.15, 0.2) is 0 Å². The van der Waals surface area contributed by atoms with Crippen molar-refractivity contribution in [1.82, 2.24) is 19.7 Å². The van der Waals surface area contributed by atoms with Crippen molar-refractivity contribution >= 4 is 56.7 Å². The third-order valence-electron chi connectivity index (χ3n) is 8.89. The summed E-state index contributed by atoms with van der Waals surface area (Å²) in [6.07, 6.45) is 0. The van der Waals surface area contributed by atoms with Crippen LogP contribution in [0.5, 0.6) is 0 Å². The van der Waals surface area contributed by atoms with E-state index in [4.69, 9.17) is 11.9 Å². The van der Waals surface area contributed by atoms with E-state index in [1.165, 1.54) is 21.5 Å². The number of rotatable bonds is 5. The molecule has 215 valence electrons. The van der Waals surface area contributed by atoms with E-state index in [2.05, 4.69) is 123 Å². The molecule has 1 N–H and O–H groups in total. The molecule has 46 heavy (non-hydrogen) atoms. The molecule has 0 saturated carbocycles. The molecular weight excluding hydrogens is 563 g/mol. The maximum atomic E-state index is 6.27. The van der Waals surface area contributed by atoms with Gasteiger partial charge in [-0.3, -0.25) is 0 Å². The summed E-state index contributed by atoms with van der Waals surface area (Å²) in [7, 11) is 6.27. The number of H-pyrrole nitrogens is 1. The second-order valence-electron chi connectivity index (χ2n) is 11.7. The summed E-state index contributed by atoms with van der Waals surface area (Å²) < 4.78 is 8.24. The number of aromatic nitrogens is 4. The van der Waals surface area contributed by atoms with Crippen LogP contribution in [-0.4, -0.2) is 32.8 Å². The Kier molecular flexibility index (Phi) is 5.90. The van der Waals surface area contributed by atoms with Crippen LogP contribution in [-0.2, 0) is 0 Å². The van der Waals surface area contributed by atoms with Crippen molar-refractivity contribution in [2.45, 2.75) is 6.92 Å². The SMILES string of the molecule is [B]=C(C)n1c2ccccc2c2cc(-c3ccc(-c4nnc(-c5ccc(-c6ccc7[nH]c8ccccc8c7c6)cc5)o4)cc3)ccc21. The van der Waals surface area contributed by atoms with Crippen LogP contribution in [0.4, 0.5) is 0 Å². The van der Waals surface area contributed by atoms with Gasteiger partial charge in [0.25, 0.3) is 0 Å². The Morgan fingerprint density at radius 3 is 1.70 bits per heavy atom. The summed E-state index contributed by atoms with van der Waals surface area (Å²) in [5, 5.41) is 13.5. The van der Waals surface area contributed by atoms with Crippen molar-refractivity contribution < 1.29 is 4.42 Å². The molecule has 9 aromatic rings. The molecular formula is C40H26BN4O. The topological polar surface area (TPSA) is 59.6 Å². The number of hydrogen-bond acceptors (Lipinski definition) is 3. The van der Waals surface area contributed by atoms with E-state index in [0.717, 1.165) is 61.0 Å². The standard InChI is InChI=1S/C40H26BN4O/c1-24(41)45-37-9-5-3-7-32(37)34-23-30(19-21-38(34)45)26-12-16-28(17-13-26)40-44-43-39(46-40)27-14-10-25(11-15-27)29-18-20-36-33(22-29)31-6-2-4-8-35(31)42-36/h2-23,42H,1H3. The Morgan fingerprint density at radius 2 is 1.02 bits per heavy atom. The van der Waals surface area contributed by atoms with Gasteiger partial charge >= 0.3 is 145 Å². The van der Waals surface area contributed by atoms with Crippen LogP contribution in [0.1, 0.15) is 6.92 Å².